The molecule has 0 aliphatic carbocycles. The van der Waals surface area contributed by atoms with Crippen molar-refractivity contribution in [3.63, 3.8) is 0 Å². The molecule has 0 aliphatic heterocycles. The molecule has 0 amide bonds. The molecule has 0 fully saturated rings. The quantitative estimate of drug-likeness (QED) is 0.171. The first-order chi connectivity index (χ1) is 13.8. The fourth-order valence-corrected chi connectivity index (χ4v) is 2.65. The van der Waals surface area contributed by atoms with E-state index in [1.807, 2.05) is 54.6 Å². The smallest absolute Gasteiger partial charge is 0.286 e. The van der Waals surface area contributed by atoms with E-state index in [0.717, 1.165) is 0 Å². The monoisotopic (exact) mass is 375 g/mol. The minimum Gasteiger partial charge on any atom is -0.286 e. The Balaban J connectivity index is 1.61. The van der Waals surface area contributed by atoms with Gasteiger partial charge in [-0.1, -0.05) is 95.8 Å². The van der Waals surface area contributed by atoms with Crippen molar-refractivity contribution in [1.29, 1.82) is 0 Å². The highest BCUT2D eigenvalue weighted by Crippen LogP contribution is 1.99. The van der Waals surface area contributed by atoms with Crippen LogP contribution in [0.3, 0.4) is 0 Å². The van der Waals surface area contributed by atoms with Gasteiger partial charge in [-0.15, -0.1) is 0 Å². The number of rotatable bonds is 9. The summed E-state index contributed by atoms with van der Waals surface area (Å²) in [5.41, 5.74) is 22.6. The molecule has 28 heavy (non-hydrogen) atoms. The van der Waals surface area contributed by atoms with E-state index in [1.54, 1.807) is 4.79 Å². The summed E-state index contributed by atoms with van der Waals surface area (Å²) in [6.07, 6.45) is 0. The molecule has 3 aromatic rings. The number of nitrogens with zero attached hydrogens (tertiary/aromatic N) is 1. The SMILES string of the molecule is NC(NNCc1ccccc1)=[N+](NCc1ccccc1)NCc1ccccc1. The number of benzene rings is 3. The predicted octanol–water partition coefficient (Wildman–Crippen LogP) is 2.02. The van der Waals surface area contributed by atoms with Gasteiger partial charge in [0.1, 0.15) is 0 Å². The number of hydrazine groups is 3. The van der Waals surface area contributed by atoms with E-state index < -0.39 is 0 Å². The van der Waals surface area contributed by atoms with Crippen LogP contribution >= 0.6 is 0 Å². The third kappa shape index (κ3) is 6.34. The maximum Gasteiger partial charge on any atom is 0.405 e. The molecule has 0 bridgehead atoms. The molecule has 0 atom stereocenters. The fraction of sp³-hybridized carbons (Fsp3) is 0.136. The summed E-state index contributed by atoms with van der Waals surface area (Å²) in [5, 5.41) is 0. The highest BCUT2D eigenvalue weighted by molar-refractivity contribution is 5.71. The van der Waals surface area contributed by atoms with E-state index in [9.17, 15) is 0 Å². The Bertz CT molecular complexity index is 804. The Hall–Kier alpha value is -3.51. The van der Waals surface area contributed by atoms with Crippen LogP contribution < -0.4 is 27.4 Å². The lowest BCUT2D eigenvalue weighted by atomic mass is 10.2. The van der Waals surface area contributed by atoms with Gasteiger partial charge in [0.15, 0.2) is 0 Å². The van der Waals surface area contributed by atoms with Crippen LogP contribution in [0.1, 0.15) is 16.7 Å². The second-order valence-corrected chi connectivity index (χ2v) is 6.33. The minimum absolute atomic E-state index is 0.433. The third-order valence-electron chi connectivity index (χ3n) is 4.16. The molecule has 0 unspecified atom stereocenters. The predicted molar refractivity (Wildman–Crippen MR) is 112 cm³/mol. The van der Waals surface area contributed by atoms with E-state index in [2.05, 4.69) is 58.1 Å². The Morgan fingerprint density at radius 1 is 0.607 bits per heavy atom. The van der Waals surface area contributed by atoms with Gasteiger partial charge in [-0.05, 0) is 16.7 Å². The lowest BCUT2D eigenvalue weighted by molar-refractivity contribution is -0.649. The van der Waals surface area contributed by atoms with Crippen molar-refractivity contribution in [3.05, 3.63) is 108 Å². The van der Waals surface area contributed by atoms with E-state index in [0.29, 0.717) is 25.6 Å². The van der Waals surface area contributed by atoms with Gasteiger partial charge >= 0.3 is 5.96 Å². The topological polar surface area (TPSA) is 77.1 Å². The average molecular weight is 376 g/mol. The van der Waals surface area contributed by atoms with Gasteiger partial charge in [0.25, 0.3) is 0 Å². The van der Waals surface area contributed by atoms with Crippen LogP contribution in [0.15, 0.2) is 91.0 Å². The molecule has 0 saturated heterocycles. The first kappa shape index (κ1) is 19.3. The zero-order valence-electron chi connectivity index (χ0n) is 15.8. The third-order valence-corrected chi connectivity index (χ3v) is 4.16. The normalized spacial score (nSPS) is 10.1. The Kier molecular flexibility index (Phi) is 7.29. The fourth-order valence-electron chi connectivity index (χ4n) is 2.65. The van der Waals surface area contributed by atoms with Crippen molar-refractivity contribution in [3.8, 4) is 0 Å². The van der Waals surface area contributed by atoms with Crippen molar-refractivity contribution < 1.29 is 4.79 Å². The van der Waals surface area contributed by atoms with E-state index in [4.69, 9.17) is 5.73 Å². The van der Waals surface area contributed by atoms with Crippen LogP contribution in [-0.4, -0.2) is 10.8 Å². The highest BCUT2D eigenvalue weighted by Gasteiger charge is 2.08. The summed E-state index contributed by atoms with van der Waals surface area (Å²) in [7, 11) is 0. The lowest BCUT2D eigenvalue weighted by Crippen LogP contribution is -2.55. The van der Waals surface area contributed by atoms with Crippen molar-refractivity contribution in [1.82, 2.24) is 21.7 Å². The number of guanidine groups is 1. The summed E-state index contributed by atoms with van der Waals surface area (Å²) in [6, 6.07) is 30.5. The van der Waals surface area contributed by atoms with Gasteiger partial charge in [0.05, 0.1) is 19.6 Å². The number of nitrogens with one attached hydrogen (secondary N) is 4. The number of nitrogens with two attached hydrogens (primary N) is 1. The largest absolute Gasteiger partial charge is 0.405 e. The van der Waals surface area contributed by atoms with Crippen LogP contribution in [0.4, 0.5) is 0 Å². The van der Waals surface area contributed by atoms with E-state index >= 15 is 0 Å². The molecule has 0 aromatic heterocycles. The zero-order chi connectivity index (χ0) is 19.4. The molecular formula is C22H27N6+. The summed E-state index contributed by atoms with van der Waals surface area (Å²) in [4.78, 5) is 1.71. The molecule has 0 radical (unpaired) electrons. The van der Waals surface area contributed by atoms with Crippen LogP contribution in [0.2, 0.25) is 0 Å². The van der Waals surface area contributed by atoms with Crippen LogP contribution in [-0.2, 0) is 19.6 Å². The van der Waals surface area contributed by atoms with Crippen LogP contribution in [0, 0.1) is 0 Å². The first-order valence-corrected chi connectivity index (χ1v) is 9.31. The van der Waals surface area contributed by atoms with E-state index in [1.165, 1.54) is 16.7 Å². The van der Waals surface area contributed by atoms with Gasteiger partial charge in [-0.2, -0.15) is 5.43 Å². The van der Waals surface area contributed by atoms with Crippen LogP contribution in [0.25, 0.3) is 0 Å². The number of hydrogen-bond acceptors (Lipinski definition) is 3. The molecule has 0 aliphatic rings. The van der Waals surface area contributed by atoms with Gasteiger partial charge < -0.3 is 0 Å². The van der Waals surface area contributed by atoms with Gasteiger partial charge in [0.2, 0.25) is 0 Å². The molecule has 3 aromatic carbocycles. The Morgan fingerprint density at radius 2 is 1.00 bits per heavy atom. The Labute approximate surface area is 166 Å². The lowest BCUT2D eigenvalue weighted by Gasteiger charge is -2.15. The maximum atomic E-state index is 6.25. The van der Waals surface area contributed by atoms with Crippen molar-refractivity contribution >= 4 is 5.96 Å². The Morgan fingerprint density at radius 3 is 1.43 bits per heavy atom. The molecular weight excluding hydrogens is 348 g/mol. The van der Waals surface area contributed by atoms with Gasteiger partial charge in [0, 0.05) is 0 Å². The number of hydrazone groups is 2. The molecule has 0 heterocycles. The molecule has 6 heteroatoms. The van der Waals surface area contributed by atoms with Crippen molar-refractivity contribution in [2.75, 3.05) is 0 Å². The number of hydrogen-bond donors (Lipinski definition) is 5. The van der Waals surface area contributed by atoms with E-state index in [-0.39, 0.29) is 0 Å². The first-order valence-electron chi connectivity index (χ1n) is 9.31. The molecule has 0 spiro atoms. The standard InChI is InChI=1S/C22H26N6/c23-22(27-24-16-19-10-4-1-5-11-19)28(25-17-20-12-6-2-7-13-20)26-18-21-14-8-3-9-15-21/h1-15,24-26H,16-18H2,(H2,23,27)/p+1. The summed E-state index contributed by atoms with van der Waals surface area (Å²) in [5.74, 6) is 0.433. The summed E-state index contributed by atoms with van der Waals surface area (Å²) >= 11 is 0. The van der Waals surface area contributed by atoms with Gasteiger partial charge in [-0.25, -0.2) is 5.43 Å². The average Bonchev–Trinajstić information content (AvgIpc) is 2.76. The van der Waals surface area contributed by atoms with Crippen LogP contribution in [0.5, 0.6) is 0 Å². The summed E-state index contributed by atoms with van der Waals surface area (Å²) in [6.45, 7) is 1.94. The molecule has 6 N–H and O–H groups in total. The maximum absolute atomic E-state index is 6.25. The molecule has 6 nitrogen and oxygen atoms in total. The van der Waals surface area contributed by atoms with Gasteiger partial charge in [-0.3, -0.25) is 16.6 Å². The van der Waals surface area contributed by atoms with Crippen molar-refractivity contribution in [2.24, 2.45) is 5.73 Å². The highest BCUT2D eigenvalue weighted by atomic mass is 15.7. The van der Waals surface area contributed by atoms with Crippen molar-refractivity contribution in [2.45, 2.75) is 19.6 Å². The second kappa shape index (κ2) is 10.6. The minimum atomic E-state index is 0.433. The summed E-state index contributed by atoms with van der Waals surface area (Å²) < 4.78 is 0. The molecule has 0 saturated carbocycles. The molecule has 3 rings (SSSR count). The zero-order valence-corrected chi connectivity index (χ0v) is 15.8. The second-order valence-electron chi connectivity index (χ2n) is 6.33. The molecule has 144 valence electrons.